The second kappa shape index (κ2) is 9.24. The molecule has 0 unspecified atom stereocenters. The van der Waals surface area contributed by atoms with Crippen LogP contribution < -0.4 is 15.7 Å². The van der Waals surface area contributed by atoms with Gasteiger partial charge < -0.3 is 14.5 Å². The summed E-state index contributed by atoms with van der Waals surface area (Å²) >= 11 is 0. The molecular weight excluding hydrogens is 411 g/mol. The van der Waals surface area contributed by atoms with E-state index in [1.54, 1.807) is 0 Å². The molecule has 0 bridgehead atoms. The minimum absolute atomic E-state index is 0.0947. The summed E-state index contributed by atoms with van der Waals surface area (Å²) in [4.78, 5) is 23.9. The summed E-state index contributed by atoms with van der Waals surface area (Å²) < 4.78 is 49.9. The summed E-state index contributed by atoms with van der Waals surface area (Å²) in [6.07, 6.45) is -4.04. The highest BCUT2D eigenvalue weighted by Crippen LogP contribution is 2.34. The number of benzene rings is 2. The summed E-state index contributed by atoms with van der Waals surface area (Å²) in [7, 11) is 0. The molecule has 8 heteroatoms. The number of hydrogen-bond acceptors (Lipinski definition) is 4. The maximum absolute atomic E-state index is 13.1. The third kappa shape index (κ3) is 5.87. The molecule has 1 aromatic heterocycles. The second-order valence-electron chi connectivity index (χ2n) is 7.33. The van der Waals surface area contributed by atoms with Crippen molar-refractivity contribution in [1.82, 2.24) is 5.32 Å². The Kier molecular flexibility index (Phi) is 6.68. The minimum atomic E-state index is -4.69. The third-order valence-corrected chi connectivity index (χ3v) is 4.80. The van der Waals surface area contributed by atoms with Crippen LogP contribution in [0.25, 0.3) is 11.0 Å². The molecule has 3 aromatic rings. The van der Waals surface area contributed by atoms with Crippen molar-refractivity contribution in [3.8, 4) is 5.75 Å². The highest BCUT2D eigenvalue weighted by atomic mass is 19.4. The van der Waals surface area contributed by atoms with Gasteiger partial charge in [-0.05, 0) is 44.4 Å². The van der Waals surface area contributed by atoms with Crippen molar-refractivity contribution in [3.05, 3.63) is 76.1 Å². The SMILES string of the molecule is C[C@@H](CCc1ccccc1)NC(=O)[C@@H](C)Oc1ccc2c(C(F)(F)F)cc(=O)oc2c1. The number of nitrogens with one attached hydrogen (secondary N) is 1. The van der Waals surface area contributed by atoms with Gasteiger partial charge in [-0.3, -0.25) is 4.79 Å². The third-order valence-electron chi connectivity index (χ3n) is 4.80. The number of hydrogen-bond donors (Lipinski definition) is 1. The molecule has 0 aliphatic rings. The first kappa shape index (κ1) is 22.4. The van der Waals surface area contributed by atoms with E-state index in [1.165, 1.54) is 24.6 Å². The maximum Gasteiger partial charge on any atom is 0.417 e. The number of carbonyl (C=O) groups excluding carboxylic acids is 1. The fraction of sp³-hybridized carbons (Fsp3) is 0.304. The van der Waals surface area contributed by atoms with E-state index in [2.05, 4.69) is 5.32 Å². The molecule has 0 spiro atoms. The molecule has 2 atom stereocenters. The quantitative estimate of drug-likeness (QED) is 0.548. The summed E-state index contributed by atoms with van der Waals surface area (Å²) in [5.74, 6) is -0.235. The lowest BCUT2D eigenvalue weighted by molar-refractivity contribution is -0.136. The van der Waals surface area contributed by atoms with Crippen molar-refractivity contribution >= 4 is 16.9 Å². The van der Waals surface area contributed by atoms with Gasteiger partial charge in [-0.25, -0.2) is 4.79 Å². The minimum Gasteiger partial charge on any atom is -0.481 e. The van der Waals surface area contributed by atoms with Gasteiger partial charge in [0, 0.05) is 23.6 Å². The molecule has 1 heterocycles. The molecule has 164 valence electrons. The van der Waals surface area contributed by atoms with Crippen LogP contribution in [0.1, 0.15) is 31.4 Å². The summed E-state index contributed by atoms with van der Waals surface area (Å²) in [6.45, 7) is 3.42. The van der Waals surface area contributed by atoms with Gasteiger partial charge >= 0.3 is 11.8 Å². The first-order valence-electron chi connectivity index (χ1n) is 9.79. The van der Waals surface area contributed by atoms with Crippen molar-refractivity contribution in [2.75, 3.05) is 0 Å². The van der Waals surface area contributed by atoms with Crippen LogP contribution in [0, 0.1) is 0 Å². The smallest absolute Gasteiger partial charge is 0.417 e. The molecule has 1 N–H and O–H groups in total. The Morgan fingerprint density at radius 3 is 2.48 bits per heavy atom. The topological polar surface area (TPSA) is 68.5 Å². The fourth-order valence-electron chi connectivity index (χ4n) is 3.17. The van der Waals surface area contributed by atoms with Crippen molar-refractivity contribution in [2.24, 2.45) is 0 Å². The van der Waals surface area contributed by atoms with Gasteiger partial charge in [0.15, 0.2) is 6.10 Å². The summed E-state index contributed by atoms with van der Waals surface area (Å²) in [5.41, 5.74) is -1.29. The number of rotatable bonds is 7. The maximum atomic E-state index is 13.1. The Labute approximate surface area is 176 Å². The Bertz CT molecular complexity index is 1110. The molecule has 5 nitrogen and oxygen atoms in total. The molecule has 0 fully saturated rings. The van der Waals surface area contributed by atoms with Gasteiger partial charge in [-0.15, -0.1) is 0 Å². The second-order valence-corrected chi connectivity index (χ2v) is 7.33. The first-order valence-corrected chi connectivity index (χ1v) is 9.79. The van der Waals surface area contributed by atoms with Crippen LogP contribution in [-0.2, 0) is 17.4 Å². The van der Waals surface area contributed by atoms with Gasteiger partial charge in [0.2, 0.25) is 0 Å². The highest BCUT2D eigenvalue weighted by Gasteiger charge is 2.34. The predicted octanol–water partition coefficient (Wildman–Crippen LogP) is 4.72. The number of ether oxygens (including phenoxy) is 1. The number of alkyl halides is 3. The van der Waals surface area contributed by atoms with E-state index in [4.69, 9.17) is 9.15 Å². The molecule has 0 saturated carbocycles. The number of fused-ring (bicyclic) bond motifs is 1. The fourth-order valence-corrected chi connectivity index (χ4v) is 3.17. The van der Waals surface area contributed by atoms with Gasteiger partial charge in [-0.2, -0.15) is 13.2 Å². The zero-order valence-electron chi connectivity index (χ0n) is 17.0. The van der Waals surface area contributed by atoms with Crippen LogP contribution in [0.2, 0.25) is 0 Å². The lowest BCUT2D eigenvalue weighted by atomic mass is 10.1. The highest BCUT2D eigenvalue weighted by molar-refractivity contribution is 5.83. The number of aryl methyl sites for hydroxylation is 1. The normalized spacial score (nSPS) is 13.6. The largest absolute Gasteiger partial charge is 0.481 e. The summed E-state index contributed by atoms with van der Waals surface area (Å²) in [5, 5.41) is 2.60. The van der Waals surface area contributed by atoms with E-state index in [-0.39, 0.29) is 28.7 Å². The zero-order chi connectivity index (χ0) is 22.6. The standard InChI is InChI=1S/C23H22F3NO4/c1-14(8-9-16-6-4-3-5-7-16)27-22(29)15(2)30-17-10-11-18-19(23(24,25)26)13-21(28)31-20(18)12-17/h3-7,10-15H,8-9H2,1-2H3,(H,27,29)/t14-,15+/m0/s1. The Hall–Kier alpha value is -3.29. The van der Waals surface area contributed by atoms with Crippen LogP contribution in [0.4, 0.5) is 13.2 Å². The predicted molar refractivity (Wildman–Crippen MR) is 110 cm³/mol. The molecule has 1 amide bonds. The van der Waals surface area contributed by atoms with Crippen LogP contribution in [-0.4, -0.2) is 18.1 Å². The van der Waals surface area contributed by atoms with Gasteiger partial charge in [0.25, 0.3) is 5.91 Å². The molecule has 0 radical (unpaired) electrons. The first-order chi connectivity index (χ1) is 14.6. The number of amides is 1. The van der Waals surface area contributed by atoms with Crippen LogP contribution in [0.3, 0.4) is 0 Å². The Morgan fingerprint density at radius 2 is 1.81 bits per heavy atom. The van der Waals surface area contributed by atoms with E-state index in [0.29, 0.717) is 6.07 Å². The van der Waals surface area contributed by atoms with Crippen molar-refractivity contribution in [1.29, 1.82) is 0 Å². The van der Waals surface area contributed by atoms with Gasteiger partial charge in [-0.1, -0.05) is 30.3 Å². The van der Waals surface area contributed by atoms with Crippen LogP contribution >= 0.6 is 0 Å². The summed E-state index contributed by atoms with van der Waals surface area (Å²) in [6, 6.07) is 13.8. The molecule has 2 aromatic carbocycles. The van der Waals surface area contributed by atoms with Crippen LogP contribution in [0.5, 0.6) is 5.75 Å². The number of halogens is 3. The van der Waals surface area contributed by atoms with Crippen LogP contribution in [0.15, 0.2) is 63.8 Å². The van der Waals surface area contributed by atoms with E-state index in [9.17, 15) is 22.8 Å². The molecule has 31 heavy (non-hydrogen) atoms. The van der Waals surface area contributed by atoms with Crippen molar-refractivity contribution in [3.63, 3.8) is 0 Å². The lowest BCUT2D eigenvalue weighted by Gasteiger charge is -2.19. The molecule has 3 rings (SSSR count). The average Bonchev–Trinajstić information content (AvgIpc) is 2.71. The van der Waals surface area contributed by atoms with Gasteiger partial charge in [0.05, 0.1) is 5.56 Å². The van der Waals surface area contributed by atoms with E-state index in [1.807, 2.05) is 37.3 Å². The van der Waals surface area contributed by atoms with Crippen molar-refractivity contribution < 1.29 is 27.1 Å². The molecule has 0 saturated heterocycles. The Balaban J connectivity index is 1.64. The van der Waals surface area contributed by atoms with Crippen molar-refractivity contribution in [2.45, 2.75) is 45.0 Å². The van der Waals surface area contributed by atoms with E-state index < -0.39 is 23.5 Å². The average molecular weight is 433 g/mol. The molecule has 0 aliphatic carbocycles. The van der Waals surface area contributed by atoms with Gasteiger partial charge in [0.1, 0.15) is 11.3 Å². The van der Waals surface area contributed by atoms with E-state index >= 15 is 0 Å². The Morgan fingerprint density at radius 1 is 1.10 bits per heavy atom. The molecular formula is C23H22F3NO4. The van der Waals surface area contributed by atoms with E-state index in [0.717, 1.165) is 18.9 Å². The lowest BCUT2D eigenvalue weighted by Crippen LogP contribution is -2.41. The number of carbonyl (C=O) groups is 1. The molecule has 0 aliphatic heterocycles. The monoisotopic (exact) mass is 433 g/mol. The zero-order valence-corrected chi connectivity index (χ0v) is 17.0.